The first-order chi connectivity index (χ1) is 11.4. The van der Waals surface area contributed by atoms with E-state index in [1.54, 1.807) is 31.3 Å². The Morgan fingerprint density at radius 1 is 1.33 bits per heavy atom. The monoisotopic (exact) mass is 338 g/mol. The van der Waals surface area contributed by atoms with E-state index in [-0.39, 0.29) is 13.0 Å². The Hall–Kier alpha value is -2.38. The number of pyridine rings is 1. The molecule has 1 saturated heterocycles. The van der Waals surface area contributed by atoms with Gasteiger partial charge in [0.2, 0.25) is 0 Å². The van der Waals surface area contributed by atoms with Crippen LogP contribution in [0.3, 0.4) is 0 Å². The lowest BCUT2D eigenvalue weighted by Gasteiger charge is -2.33. The Bertz CT molecular complexity index is 727. The van der Waals surface area contributed by atoms with Gasteiger partial charge in [0.1, 0.15) is 0 Å². The minimum absolute atomic E-state index is 0.0689. The maximum absolute atomic E-state index is 12.9. The number of hydrogen-bond donors (Lipinski definition) is 0. The fourth-order valence-electron chi connectivity index (χ4n) is 2.93. The second-order valence-corrected chi connectivity index (χ2v) is 5.88. The molecule has 0 bridgehead atoms. The molecular weight excluding hydrogens is 321 g/mol. The van der Waals surface area contributed by atoms with Crippen LogP contribution in [0.2, 0.25) is 0 Å². The Balaban J connectivity index is 1.82. The van der Waals surface area contributed by atoms with Crippen LogP contribution in [0.25, 0.3) is 5.82 Å². The van der Waals surface area contributed by atoms with E-state index >= 15 is 0 Å². The molecule has 0 unspecified atom stereocenters. The fraction of sp³-hybridized carbons (Fsp3) is 0.438. The highest BCUT2D eigenvalue weighted by Crippen LogP contribution is 2.33. The van der Waals surface area contributed by atoms with Crippen LogP contribution in [-0.4, -0.2) is 44.8 Å². The van der Waals surface area contributed by atoms with Gasteiger partial charge in [-0.15, -0.1) is 0 Å². The van der Waals surface area contributed by atoms with Crippen LogP contribution in [0.4, 0.5) is 13.2 Å². The summed E-state index contributed by atoms with van der Waals surface area (Å²) in [6, 6.07) is 5.30. The molecule has 5 nitrogen and oxygen atoms in total. The first-order valence-corrected chi connectivity index (χ1v) is 7.70. The smallest absolute Gasteiger partial charge is 0.338 e. The van der Waals surface area contributed by atoms with Crippen molar-refractivity contribution in [3.05, 3.63) is 41.9 Å². The van der Waals surface area contributed by atoms with Gasteiger partial charge in [-0.1, -0.05) is 6.07 Å². The molecule has 128 valence electrons. The van der Waals surface area contributed by atoms with E-state index in [1.807, 2.05) is 0 Å². The molecule has 3 rings (SSSR count). The SMILES string of the molecule is Cc1c(C(=O)N2CCC[C@H](C(F)(F)F)C2)cnn1-c1ccccn1. The van der Waals surface area contributed by atoms with Gasteiger partial charge in [0.15, 0.2) is 5.82 Å². The predicted octanol–water partition coefficient (Wildman–Crippen LogP) is 2.99. The second-order valence-electron chi connectivity index (χ2n) is 5.88. The molecule has 1 aliphatic heterocycles. The van der Waals surface area contributed by atoms with Crippen LogP contribution in [-0.2, 0) is 0 Å². The summed E-state index contributed by atoms with van der Waals surface area (Å²) in [5, 5.41) is 4.15. The third kappa shape index (κ3) is 3.13. The zero-order valence-electron chi connectivity index (χ0n) is 13.1. The fourth-order valence-corrected chi connectivity index (χ4v) is 2.93. The molecule has 0 saturated carbocycles. The van der Waals surface area contributed by atoms with Gasteiger partial charge in [-0.25, -0.2) is 9.67 Å². The molecule has 8 heteroatoms. The first-order valence-electron chi connectivity index (χ1n) is 7.70. The zero-order valence-corrected chi connectivity index (χ0v) is 13.1. The Kier molecular flexibility index (Phi) is 4.29. The van der Waals surface area contributed by atoms with E-state index in [0.717, 1.165) is 0 Å². The number of likely N-dealkylation sites (tertiary alicyclic amines) is 1. The highest BCUT2D eigenvalue weighted by atomic mass is 19.4. The average Bonchev–Trinajstić information content (AvgIpc) is 2.96. The summed E-state index contributed by atoms with van der Waals surface area (Å²) < 4.78 is 40.3. The largest absolute Gasteiger partial charge is 0.393 e. The number of alkyl halides is 3. The van der Waals surface area contributed by atoms with Gasteiger partial charge >= 0.3 is 6.18 Å². The quantitative estimate of drug-likeness (QED) is 0.846. The van der Waals surface area contributed by atoms with Crippen molar-refractivity contribution in [2.75, 3.05) is 13.1 Å². The molecule has 24 heavy (non-hydrogen) atoms. The number of nitrogens with zero attached hydrogens (tertiary/aromatic N) is 4. The molecule has 1 fully saturated rings. The maximum atomic E-state index is 12.9. The van der Waals surface area contributed by atoms with E-state index in [0.29, 0.717) is 30.0 Å². The van der Waals surface area contributed by atoms with Crippen molar-refractivity contribution in [2.24, 2.45) is 5.92 Å². The van der Waals surface area contributed by atoms with Crippen LogP contribution < -0.4 is 0 Å². The Morgan fingerprint density at radius 2 is 2.12 bits per heavy atom. The molecule has 2 aromatic heterocycles. The lowest BCUT2D eigenvalue weighted by Crippen LogP contribution is -2.44. The zero-order chi connectivity index (χ0) is 17.3. The van der Waals surface area contributed by atoms with Crippen molar-refractivity contribution in [3.8, 4) is 5.82 Å². The first kappa shape index (κ1) is 16.5. The van der Waals surface area contributed by atoms with Crippen molar-refractivity contribution < 1.29 is 18.0 Å². The summed E-state index contributed by atoms with van der Waals surface area (Å²) in [4.78, 5) is 18.1. The number of rotatable bonds is 2. The van der Waals surface area contributed by atoms with Crippen molar-refractivity contribution in [3.63, 3.8) is 0 Å². The number of carbonyl (C=O) groups excluding carboxylic acids is 1. The summed E-state index contributed by atoms with van der Waals surface area (Å²) in [6.07, 6.45) is -0.852. The van der Waals surface area contributed by atoms with E-state index in [1.165, 1.54) is 15.8 Å². The van der Waals surface area contributed by atoms with Crippen LogP contribution in [0.1, 0.15) is 28.9 Å². The van der Waals surface area contributed by atoms with E-state index in [2.05, 4.69) is 10.1 Å². The standard InChI is InChI=1S/C16H17F3N4O/c1-11-13(9-21-23(11)14-6-2-3-7-20-14)15(24)22-8-4-5-12(10-22)16(17,18)19/h2-3,6-7,9,12H,4-5,8,10H2,1H3/t12-/m0/s1. The maximum Gasteiger partial charge on any atom is 0.393 e. The number of hydrogen-bond acceptors (Lipinski definition) is 3. The number of halogens is 3. The molecular formula is C16H17F3N4O. The molecule has 3 heterocycles. The molecule has 0 N–H and O–H groups in total. The summed E-state index contributed by atoms with van der Waals surface area (Å²) in [5.41, 5.74) is 0.872. The summed E-state index contributed by atoms with van der Waals surface area (Å²) in [6.45, 7) is 1.75. The minimum Gasteiger partial charge on any atom is -0.338 e. The molecule has 0 spiro atoms. The van der Waals surface area contributed by atoms with Gasteiger partial charge in [0.25, 0.3) is 5.91 Å². The predicted molar refractivity (Wildman–Crippen MR) is 80.8 cm³/mol. The molecule has 2 aromatic rings. The molecule has 1 aliphatic rings. The van der Waals surface area contributed by atoms with Crippen LogP contribution in [0.5, 0.6) is 0 Å². The Labute approximate surface area is 137 Å². The summed E-state index contributed by atoms with van der Waals surface area (Å²) >= 11 is 0. The molecule has 1 atom stereocenters. The van der Waals surface area contributed by atoms with E-state index in [9.17, 15) is 18.0 Å². The third-order valence-electron chi connectivity index (χ3n) is 4.28. The minimum atomic E-state index is -4.27. The average molecular weight is 338 g/mol. The van der Waals surface area contributed by atoms with Crippen LogP contribution >= 0.6 is 0 Å². The van der Waals surface area contributed by atoms with Crippen LogP contribution in [0.15, 0.2) is 30.6 Å². The number of piperidine rings is 1. The van der Waals surface area contributed by atoms with Gasteiger partial charge in [-0.2, -0.15) is 18.3 Å². The van der Waals surface area contributed by atoms with Gasteiger partial charge in [-0.3, -0.25) is 4.79 Å². The normalized spacial score (nSPS) is 18.7. The van der Waals surface area contributed by atoms with Crippen molar-refractivity contribution in [2.45, 2.75) is 25.9 Å². The number of carbonyl (C=O) groups is 1. The summed E-state index contributed by atoms with van der Waals surface area (Å²) in [7, 11) is 0. The molecule has 1 amide bonds. The lowest BCUT2D eigenvalue weighted by atomic mass is 9.97. The molecule has 0 aliphatic carbocycles. The van der Waals surface area contributed by atoms with Crippen molar-refractivity contribution in [1.82, 2.24) is 19.7 Å². The van der Waals surface area contributed by atoms with Crippen molar-refractivity contribution in [1.29, 1.82) is 0 Å². The second kappa shape index (κ2) is 6.26. The molecule has 0 aromatic carbocycles. The highest BCUT2D eigenvalue weighted by Gasteiger charge is 2.43. The van der Waals surface area contributed by atoms with Gasteiger partial charge in [-0.05, 0) is 31.9 Å². The van der Waals surface area contributed by atoms with Gasteiger partial charge < -0.3 is 4.90 Å². The van der Waals surface area contributed by atoms with Crippen molar-refractivity contribution >= 4 is 5.91 Å². The topological polar surface area (TPSA) is 51.0 Å². The lowest BCUT2D eigenvalue weighted by molar-refractivity contribution is -0.184. The third-order valence-corrected chi connectivity index (χ3v) is 4.28. The van der Waals surface area contributed by atoms with E-state index in [4.69, 9.17) is 0 Å². The number of amides is 1. The highest BCUT2D eigenvalue weighted by molar-refractivity contribution is 5.95. The van der Waals surface area contributed by atoms with Gasteiger partial charge in [0.05, 0.1) is 23.4 Å². The summed E-state index contributed by atoms with van der Waals surface area (Å²) in [5.74, 6) is -1.31. The van der Waals surface area contributed by atoms with Gasteiger partial charge in [0, 0.05) is 19.3 Å². The number of aromatic nitrogens is 3. The van der Waals surface area contributed by atoms with E-state index < -0.39 is 18.0 Å². The Morgan fingerprint density at radius 3 is 2.79 bits per heavy atom. The van der Waals surface area contributed by atoms with Crippen LogP contribution in [0, 0.1) is 12.8 Å². The molecule has 0 radical (unpaired) electrons.